The minimum atomic E-state index is 0.424. The minimum absolute atomic E-state index is 0.424. The van der Waals surface area contributed by atoms with Gasteiger partial charge in [0.25, 0.3) is 0 Å². The lowest BCUT2D eigenvalue weighted by molar-refractivity contribution is 0.892. The van der Waals surface area contributed by atoms with Gasteiger partial charge in [0.15, 0.2) is 0 Å². The van der Waals surface area contributed by atoms with Crippen molar-refractivity contribution in [2.24, 2.45) is 5.73 Å². The van der Waals surface area contributed by atoms with Gasteiger partial charge in [-0.05, 0) is 17.2 Å². The van der Waals surface area contributed by atoms with Crippen molar-refractivity contribution in [1.29, 1.82) is 0 Å². The van der Waals surface area contributed by atoms with E-state index >= 15 is 0 Å². The Labute approximate surface area is 112 Å². The second-order valence-corrected chi connectivity index (χ2v) is 4.59. The van der Waals surface area contributed by atoms with Crippen molar-refractivity contribution in [1.82, 2.24) is 4.98 Å². The third-order valence-corrected chi connectivity index (χ3v) is 3.13. The second kappa shape index (κ2) is 5.85. The van der Waals surface area contributed by atoms with Crippen LogP contribution in [0.25, 0.3) is 0 Å². The van der Waals surface area contributed by atoms with Gasteiger partial charge >= 0.3 is 0 Å². The van der Waals surface area contributed by atoms with Gasteiger partial charge in [-0.2, -0.15) is 0 Å². The molecule has 0 aliphatic carbocycles. The molecule has 1 heterocycles. The molecule has 4 heteroatoms. The van der Waals surface area contributed by atoms with Gasteiger partial charge in [-0.3, -0.25) is 0 Å². The highest BCUT2D eigenvalue weighted by Gasteiger charge is 2.06. The molecule has 0 atom stereocenters. The molecule has 0 saturated heterocycles. The fraction of sp³-hybridized carbons (Fsp3) is 0.214. The first kappa shape index (κ1) is 12.9. The fourth-order valence-electron chi connectivity index (χ4n) is 1.77. The number of aromatic nitrogens is 1. The van der Waals surface area contributed by atoms with Crippen LogP contribution in [0.3, 0.4) is 0 Å². The Kier molecular flexibility index (Phi) is 4.18. The molecule has 0 aliphatic rings. The summed E-state index contributed by atoms with van der Waals surface area (Å²) in [5, 5.41) is 0.620. The molecule has 0 radical (unpaired) electrons. The summed E-state index contributed by atoms with van der Waals surface area (Å²) in [6.07, 6.45) is 1.65. The fourth-order valence-corrected chi connectivity index (χ4v) is 1.95. The molecule has 0 unspecified atom stereocenters. The summed E-state index contributed by atoms with van der Waals surface area (Å²) in [6.45, 7) is 1.23. The van der Waals surface area contributed by atoms with Crippen molar-refractivity contribution in [2.45, 2.75) is 13.1 Å². The van der Waals surface area contributed by atoms with Crippen molar-refractivity contribution in [3.05, 3.63) is 58.7 Å². The lowest BCUT2D eigenvalue weighted by Crippen LogP contribution is -2.18. The van der Waals surface area contributed by atoms with Gasteiger partial charge in [0.2, 0.25) is 0 Å². The van der Waals surface area contributed by atoms with Crippen LogP contribution in [0.4, 0.5) is 5.82 Å². The van der Waals surface area contributed by atoms with Crippen LogP contribution in [0.1, 0.15) is 11.1 Å². The molecule has 94 valence electrons. The van der Waals surface area contributed by atoms with Crippen LogP contribution in [0.2, 0.25) is 5.02 Å². The van der Waals surface area contributed by atoms with Gasteiger partial charge in [0.05, 0.1) is 5.02 Å². The molecular weight excluding hydrogens is 246 g/mol. The Bertz CT molecular complexity index is 514. The number of nitrogens with two attached hydrogens (primary N) is 1. The zero-order chi connectivity index (χ0) is 13.0. The van der Waals surface area contributed by atoms with E-state index in [4.69, 9.17) is 17.3 Å². The Morgan fingerprint density at radius 1 is 1.28 bits per heavy atom. The molecule has 3 nitrogen and oxygen atoms in total. The highest BCUT2D eigenvalue weighted by molar-refractivity contribution is 6.31. The molecule has 2 N–H and O–H groups in total. The topological polar surface area (TPSA) is 42.1 Å². The Balaban J connectivity index is 2.16. The average molecular weight is 262 g/mol. The molecule has 1 aromatic heterocycles. The summed E-state index contributed by atoms with van der Waals surface area (Å²) in [7, 11) is 2.00. The molecule has 18 heavy (non-hydrogen) atoms. The maximum atomic E-state index is 6.00. The average Bonchev–Trinajstić information content (AvgIpc) is 2.40. The van der Waals surface area contributed by atoms with Gasteiger partial charge in [-0.15, -0.1) is 0 Å². The van der Waals surface area contributed by atoms with Gasteiger partial charge < -0.3 is 10.6 Å². The molecule has 0 saturated carbocycles. The van der Waals surface area contributed by atoms with Gasteiger partial charge in [-0.25, -0.2) is 4.98 Å². The normalized spacial score (nSPS) is 10.4. The summed E-state index contributed by atoms with van der Waals surface area (Å²) in [5.41, 5.74) is 7.80. The molecule has 0 bridgehead atoms. The van der Waals surface area contributed by atoms with E-state index in [0.717, 1.165) is 17.9 Å². The summed E-state index contributed by atoms with van der Waals surface area (Å²) in [5.74, 6) is 0.878. The lowest BCUT2D eigenvalue weighted by Gasteiger charge is -2.19. The summed E-state index contributed by atoms with van der Waals surface area (Å²) in [6, 6.07) is 12.2. The third kappa shape index (κ3) is 3.00. The Morgan fingerprint density at radius 3 is 2.67 bits per heavy atom. The number of rotatable bonds is 4. The molecule has 0 aliphatic heterocycles. The van der Waals surface area contributed by atoms with Crippen molar-refractivity contribution in [3.63, 3.8) is 0 Å². The van der Waals surface area contributed by atoms with E-state index < -0.39 is 0 Å². The summed E-state index contributed by atoms with van der Waals surface area (Å²) < 4.78 is 0. The molecule has 0 amide bonds. The SMILES string of the molecule is CN(Cc1ccccc1)c1cc(CN)c(Cl)cn1. The van der Waals surface area contributed by atoms with Gasteiger partial charge in [-0.1, -0.05) is 41.9 Å². The van der Waals surface area contributed by atoms with Crippen molar-refractivity contribution < 1.29 is 0 Å². The first-order valence-electron chi connectivity index (χ1n) is 5.80. The number of pyridine rings is 1. The van der Waals surface area contributed by atoms with Crippen LogP contribution in [-0.2, 0) is 13.1 Å². The third-order valence-electron chi connectivity index (χ3n) is 2.79. The number of anilines is 1. The molecule has 2 rings (SSSR count). The summed E-state index contributed by atoms with van der Waals surface area (Å²) in [4.78, 5) is 6.40. The monoisotopic (exact) mass is 261 g/mol. The van der Waals surface area contributed by atoms with Crippen LogP contribution < -0.4 is 10.6 Å². The van der Waals surface area contributed by atoms with E-state index in [1.54, 1.807) is 6.20 Å². The highest BCUT2D eigenvalue weighted by Crippen LogP contribution is 2.20. The number of hydrogen-bond donors (Lipinski definition) is 1. The standard InChI is InChI=1S/C14H16ClN3/c1-18(10-11-5-3-2-4-6-11)14-7-12(8-16)13(15)9-17-14/h2-7,9H,8,10,16H2,1H3. The molecule has 0 spiro atoms. The van der Waals surface area contributed by atoms with Crippen LogP contribution in [0.5, 0.6) is 0 Å². The van der Waals surface area contributed by atoms with Crippen molar-refractivity contribution >= 4 is 17.4 Å². The second-order valence-electron chi connectivity index (χ2n) is 4.18. The lowest BCUT2D eigenvalue weighted by atomic mass is 10.2. The zero-order valence-corrected chi connectivity index (χ0v) is 11.1. The van der Waals surface area contributed by atoms with Crippen molar-refractivity contribution in [2.75, 3.05) is 11.9 Å². The van der Waals surface area contributed by atoms with Crippen LogP contribution >= 0.6 is 11.6 Å². The number of halogens is 1. The van der Waals surface area contributed by atoms with E-state index in [0.29, 0.717) is 11.6 Å². The quantitative estimate of drug-likeness (QED) is 0.920. The van der Waals surface area contributed by atoms with Crippen LogP contribution in [0, 0.1) is 0 Å². The predicted molar refractivity (Wildman–Crippen MR) is 75.7 cm³/mol. The first-order valence-corrected chi connectivity index (χ1v) is 6.18. The van der Waals surface area contributed by atoms with Crippen LogP contribution in [-0.4, -0.2) is 12.0 Å². The van der Waals surface area contributed by atoms with Gasteiger partial charge in [0, 0.05) is 26.3 Å². The Morgan fingerprint density at radius 2 is 2.00 bits per heavy atom. The van der Waals surface area contributed by atoms with Gasteiger partial charge in [0.1, 0.15) is 5.82 Å². The van der Waals surface area contributed by atoms with E-state index in [9.17, 15) is 0 Å². The maximum Gasteiger partial charge on any atom is 0.128 e. The number of hydrogen-bond acceptors (Lipinski definition) is 3. The van der Waals surface area contributed by atoms with Crippen molar-refractivity contribution in [3.8, 4) is 0 Å². The van der Waals surface area contributed by atoms with E-state index in [2.05, 4.69) is 22.0 Å². The maximum absolute atomic E-state index is 6.00. The molecule has 0 fully saturated rings. The number of nitrogens with zero attached hydrogens (tertiary/aromatic N) is 2. The molecule has 1 aromatic carbocycles. The zero-order valence-electron chi connectivity index (χ0n) is 10.3. The minimum Gasteiger partial charge on any atom is -0.355 e. The highest BCUT2D eigenvalue weighted by atomic mass is 35.5. The first-order chi connectivity index (χ1) is 8.70. The smallest absolute Gasteiger partial charge is 0.128 e. The molecular formula is C14H16ClN3. The Hall–Kier alpha value is -1.58. The molecule has 2 aromatic rings. The van der Waals surface area contributed by atoms with Crippen LogP contribution in [0.15, 0.2) is 42.6 Å². The largest absolute Gasteiger partial charge is 0.355 e. The predicted octanol–water partition coefficient (Wildman–Crippen LogP) is 2.83. The number of benzene rings is 1. The van der Waals surface area contributed by atoms with E-state index in [1.807, 2.05) is 31.3 Å². The summed E-state index contributed by atoms with van der Waals surface area (Å²) >= 11 is 6.00. The van der Waals surface area contributed by atoms with E-state index in [1.165, 1.54) is 5.56 Å². The van der Waals surface area contributed by atoms with E-state index in [-0.39, 0.29) is 0 Å².